The zero-order chi connectivity index (χ0) is 13.1. The Morgan fingerprint density at radius 2 is 2.00 bits per heavy atom. The molecule has 0 amide bonds. The molecule has 4 nitrogen and oxygen atoms in total. The van der Waals surface area contributed by atoms with Crippen LogP contribution in [-0.2, 0) is 0 Å². The minimum atomic E-state index is 0.511. The van der Waals surface area contributed by atoms with Crippen LogP contribution in [0.15, 0.2) is 22.1 Å². The van der Waals surface area contributed by atoms with Crippen LogP contribution >= 0.6 is 38.9 Å². The van der Waals surface area contributed by atoms with Crippen molar-refractivity contribution in [2.75, 3.05) is 19.5 Å². The first-order valence-corrected chi connectivity index (χ1v) is 6.98. The van der Waals surface area contributed by atoms with E-state index < -0.39 is 0 Å². The maximum absolute atomic E-state index is 6.08. The molecule has 0 saturated carbocycles. The lowest BCUT2D eigenvalue weighted by molar-refractivity contribution is 0.396. The van der Waals surface area contributed by atoms with Gasteiger partial charge >= 0.3 is 0 Å². The van der Waals surface area contributed by atoms with Gasteiger partial charge in [0.1, 0.15) is 16.1 Å². The molecule has 0 radical (unpaired) electrons. The number of halogens is 2. The van der Waals surface area contributed by atoms with Crippen molar-refractivity contribution >= 4 is 49.7 Å². The fourth-order valence-corrected chi connectivity index (χ4v) is 2.78. The van der Waals surface area contributed by atoms with Crippen LogP contribution in [0.4, 0.5) is 10.8 Å². The number of hydrogen-bond donors (Lipinski definition) is 1. The van der Waals surface area contributed by atoms with Gasteiger partial charge in [-0.25, -0.2) is 4.98 Å². The Bertz CT molecular complexity index is 562. The highest BCUT2D eigenvalue weighted by atomic mass is 79.9. The first kappa shape index (κ1) is 13.5. The standard InChI is InChI=1S/C11H10BrClN2O2S/c1-16-8-4-9(17-2)7(3-6(8)13)14-11-15-10(12)5-18-11/h3-5H,1-2H3,(H,14,15). The molecule has 0 aliphatic carbocycles. The molecular formula is C11H10BrClN2O2S. The van der Waals surface area contributed by atoms with Gasteiger partial charge in [-0.1, -0.05) is 11.6 Å². The lowest BCUT2D eigenvalue weighted by Gasteiger charge is -2.12. The van der Waals surface area contributed by atoms with E-state index in [2.05, 4.69) is 26.2 Å². The molecule has 0 aliphatic rings. The third-order valence-electron chi connectivity index (χ3n) is 2.19. The van der Waals surface area contributed by atoms with Crippen molar-refractivity contribution in [3.05, 3.63) is 27.1 Å². The molecule has 0 fully saturated rings. The van der Waals surface area contributed by atoms with Gasteiger partial charge in [0.2, 0.25) is 0 Å². The number of thiazole rings is 1. The van der Waals surface area contributed by atoms with Crippen LogP contribution < -0.4 is 14.8 Å². The van der Waals surface area contributed by atoms with Gasteiger partial charge in [-0.05, 0) is 22.0 Å². The Hall–Kier alpha value is -0.980. The van der Waals surface area contributed by atoms with Crippen LogP contribution in [0, 0.1) is 0 Å². The second-order valence-corrected chi connectivity index (χ2v) is 5.37. The minimum absolute atomic E-state index is 0.511. The number of nitrogens with one attached hydrogen (secondary N) is 1. The molecule has 96 valence electrons. The van der Waals surface area contributed by atoms with Crippen molar-refractivity contribution in [1.82, 2.24) is 4.98 Å². The Labute approximate surface area is 122 Å². The minimum Gasteiger partial charge on any atom is -0.495 e. The lowest BCUT2D eigenvalue weighted by atomic mass is 10.2. The summed E-state index contributed by atoms with van der Waals surface area (Å²) in [5.74, 6) is 1.21. The first-order chi connectivity index (χ1) is 8.63. The topological polar surface area (TPSA) is 43.4 Å². The summed E-state index contributed by atoms with van der Waals surface area (Å²) in [5, 5.41) is 6.30. The van der Waals surface area contributed by atoms with Gasteiger partial charge in [0.05, 0.1) is 24.9 Å². The maximum atomic E-state index is 6.08. The van der Waals surface area contributed by atoms with E-state index in [0.29, 0.717) is 16.5 Å². The fourth-order valence-electron chi connectivity index (χ4n) is 1.38. The molecule has 0 unspecified atom stereocenters. The second kappa shape index (κ2) is 5.77. The number of anilines is 2. The molecule has 18 heavy (non-hydrogen) atoms. The molecule has 1 aromatic heterocycles. The van der Waals surface area contributed by atoms with E-state index >= 15 is 0 Å². The monoisotopic (exact) mass is 348 g/mol. The fraction of sp³-hybridized carbons (Fsp3) is 0.182. The highest BCUT2D eigenvalue weighted by Gasteiger charge is 2.11. The van der Waals surface area contributed by atoms with Crippen molar-refractivity contribution in [2.45, 2.75) is 0 Å². The molecule has 0 spiro atoms. The van der Waals surface area contributed by atoms with E-state index in [1.807, 2.05) is 5.38 Å². The summed E-state index contributed by atoms with van der Waals surface area (Å²) in [4.78, 5) is 4.25. The van der Waals surface area contributed by atoms with Crippen molar-refractivity contribution in [3.63, 3.8) is 0 Å². The first-order valence-electron chi connectivity index (χ1n) is 4.93. The molecule has 7 heteroatoms. The van der Waals surface area contributed by atoms with Gasteiger partial charge in [-0.15, -0.1) is 11.3 Å². The predicted molar refractivity (Wildman–Crippen MR) is 77.7 cm³/mol. The summed E-state index contributed by atoms with van der Waals surface area (Å²) in [7, 11) is 3.15. The number of benzene rings is 1. The van der Waals surface area contributed by atoms with Crippen molar-refractivity contribution in [2.24, 2.45) is 0 Å². The zero-order valence-electron chi connectivity index (χ0n) is 9.66. The van der Waals surface area contributed by atoms with Crippen LogP contribution in [0.25, 0.3) is 0 Å². The Kier molecular flexibility index (Phi) is 4.31. The van der Waals surface area contributed by atoms with Crippen LogP contribution in [-0.4, -0.2) is 19.2 Å². The molecule has 2 aromatic rings. The maximum Gasteiger partial charge on any atom is 0.188 e. The van der Waals surface area contributed by atoms with E-state index in [-0.39, 0.29) is 0 Å². The predicted octanol–water partition coefficient (Wildman–Crippen LogP) is 4.32. The molecule has 0 saturated heterocycles. The van der Waals surface area contributed by atoms with E-state index in [1.54, 1.807) is 26.4 Å². The average molecular weight is 350 g/mol. The summed E-state index contributed by atoms with van der Waals surface area (Å²) >= 11 is 10.9. The highest BCUT2D eigenvalue weighted by Crippen LogP contribution is 2.37. The molecule has 1 aromatic carbocycles. The third-order valence-corrected chi connectivity index (χ3v) is 3.95. The molecule has 1 N–H and O–H groups in total. The van der Waals surface area contributed by atoms with E-state index in [1.165, 1.54) is 11.3 Å². The van der Waals surface area contributed by atoms with Crippen molar-refractivity contribution in [3.8, 4) is 11.5 Å². The van der Waals surface area contributed by atoms with E-state index in [0.717, 1.165) is 15.4 Å². The summed E-state index contributed by atoms with van der Waals surface area (Å²) in [6, 6.07) is 3.47. The van der Waals surface area contributed by atoms with Gasteiger partial charge in [0, 0.05) is 11.4 Å². The molecule has 0 bridgehead atoms. The molecule has 1 heterocycles. The van der Waals surface area contributed by atoms with Crippen molar-refractivity contribution < 1.29 is 9.47 Å². The van der Waals surface area contributed by atoms with Crippen LogP contribution in [0.3, 0.4) is 0 Å². The van der Waals surface area contributed by atoms with Gasteiger partial charge in [0.15, 0.2) is 5.13 Å². The quantitative estimate of drug-likeness (QED) is 0.892. The second-order valence-electron chi connectivity index (χ2n) is 3.29. The Morgan fingerprint density at radius 3 is 2.56 bits per heavy atom. The largest absolute Gasteiger partial charge is 0.495 e. The van der Waals surface area contributed by atoms with Gasteiger partial charge in [-0.2, -0.15) is 0 Å². The number of ether oxygens (including phenoxy) is 2. The SMILES string of the molecule is COc1cc(OC)c(Nc2nc(Br)cs2)cc1Cl. The average Bonchev–Trinajstić information content (AvgIpc) is 2.75. The molecule has 0 aliphatic heterocycles. The normalized spacial score (nSPS) is 10.2. The summed E-state index contributed by atoms with van der Waals surface area (Å²) in [6.45, 7) is 0. The zero-order valence-corrected chi connectivity index (χ0v) is 12.8. The number of methoxy groups -OCH3 is 2. The Morgan fingerprint density at radius 1 is 1.28 bits per heavy atom. The number of aromatic nitrogens is 1. The van der Waals surface area contributed by atoms with Crippen LogP contribution in [0.1, 0.15) is 0 Å². The van der Waals surface area contributed by atoms with Gasteiger partial charge in [0.25, 0.3) is 0 Å². The van der Waals surface area contributed by atoms with Gasteiger partial charge in [-0.3, -0.25) is 0 Å². The van der Waals surface area contributed by atoms with Crippen molar-refractivity contribution in [1.29, 1.82) is 0 Å². The number of rotatable bonds is 4. The lowest BCUT2D eigenvalue weighted by Crippen LogP contribution is -1.96. The molecular weight excluding hydrogens is 340 g/mol. The van der Waals surface area contributed by atoms with Crippen LogP contribution in [0.2, 0.25) is 5.02 Å². The smallest absolute Gasteiger partial charge is 0.188 e. The molecule has 2 rings (SSSR count). The van der Waals surface area contributed by atoms with Crippen LogP contribution in [0.5, 0.6) is 11.5 Å². The van der Waals surface area contributed by atoms with Gasteiger partial charge < -0.3 is 14.8 Å². The Balaban J connectivity index is 2.34. The number of hydrogen-bond acceptors (Lipinski definition) is 5. The summed E-state index contributed by atoms with van der Waals surface area (Å²) < 4.78 is 11.2. The van der Waals surface area contributed by atoms with E-state index in [4.69, 9.17) is 21.1 Å². The summed E-state index contributed by atoms with van der Waals surface area (Å²) in [5.41, 5.74) is 0.741. The molecule has 0 atom stereocenters. The highest BCUT2D eigenvalue weighted by molar-refractivity contribution is 9.10. The van der Waals surface area contributed by atoms with E-state index in [9.17, 15) is 0 Å². The number of nitrogens with zero attached hydrogens (tertiary/aromatic N) is 1. The third kappa shape index (κ3) is 2.88. The summed E-state index contributed by atoms with van der Waals surface area (Å²) in [6.07, 6.45) is 0.